The fraction of sp³-hybridized carbons (Fsp3) is 1.00. The maximum atomic E-state index is 10.6. The van der Waals surface area contributed by atoms with Crippen LogP contribution in [0.3, 0.4) is 0 Å². The lowest BCUT2D eigenvalue weighted by Gasteiger charge is -2.14. The lowest BCUT2D eigenvalue weighted by Crippen LogP contribution is -2.61. The van der Waals surface area contributed by atoms with E-state index in [2.05, 4.69) is 0 Å². The first-order chi connectivity index (χ1) is 8.70. The number of nitrogens with zero attached hydrogens (tertiary/aromatic N) is 5. The van der Waals surface area contributed by atoms with Gasteiger partial charge in [-0.25, -0.2) is 10.1 Å². The molecule has 0 rings (SSSR count). The van der Waals surface area contributed by atoms with Gasteiger partial charge in [-0.05, 0) is 6.42 Å². The minimum atomic E-state index is -3.93. The molecule has 0 saturated heterocycles. The van der Waals surface area contributed by atoms with Crippen LogP contribution in [-0.4, -0.2) is 55.4 Å². The highest BCUT2D eigenvalue weighted by Crippen LogP contribution is 2.15. The summed E-state index contributed by atoms with van der Waals surface area (Å²) in [5.74, 6) is -3.93. The van der Waals surface area contributed by atoms with Gasteiger partial charge in [0, 0.05) is 6.61 Å². The van der Waals surface area contributed by atoms with Gasteiger partial charge in [0.2, 0.25) is 0 Å². The molecule has 0 radical (unpaired) electrons. The predicted octanol–water partition coefficient (Wildman–Crippen LogP) is -1.65. The molecule has 0 bridgehead atoms. The fourth-order valence-electron chi connectivity index (χ4n) is 1.09. The summed E-state index contributed by atoms with van der Waals surface area (Å²) in [6, 6.07) is 0. The maximum Gasteiger partial charge on any atom is 0.723 e. The van der Waals surface area contributed by atoms with Gasteiger partial charge in [0.05, 0.1) is 6.54 Å². The number of hydrogen-bond donors (Lipinski definition) is 1. The highest BCUT2D eigenvalue weighted by Gasteiger charge is 2.73. The molecule has 0 aliphatic rings. The van der Waals surface area contributed by atoms with Crippen LogP contribution in [0.5, 0.6) is 0 Å². The van der Waals surface area contributed by atoms with Gasteiger partial charge < -0.3 is 5.11 Å². The Morgan fingerprint density at radius 2 is 1.37 bits per heavy atom. The van der Waals surface area contributed by atoms with Crippen molar-refractivity contribution in [2.75, 3.05) is 19.7 Å². The van der Waals surface area contributed by atoms with Crippen molar-refractivity contribution in [3.8, 4) is 0 Å². The third kappa shape index (κ3) is 3.41. The number of hydrazine groups is 1. The van der Waals surface area contributed by atoms with Gasteiger partial charge >= 0.3 is 5.79 Å². The van der Waals surface area contributed by atoms with E-state index in [-0.39, 0.29) is 11.4 Å². The molecule has 0 heterocycles. The molecule has 14 nitrogen and oxygen atoms in total. The second-order valence-corrected chi connectivity index (χ2v) is 3.25. The molecule has 0 saturated carbocycles. The highest BCUT2D eigenvalue weighted by atomic mass is 16.7. The van der Waals surface area contributed by atoms with Crippen LogP contribution in [0.1, 0.15) is 6.42 Å². The van der Waals surface area contributed by atoms with Crippen LogP contribution in [0.4, 0.5) is 0 Å². The van der Waals surface area contributed by atoms with E-state index < -0.39 is 45.3 Å². The van der Waals surface area contributed by atoms with Crippen molar-refractivity contribution in [2.24, 2.45) is 0 Å². The Bertz CT molecular complexity index is 360. The Hall–Kier alpha value is -2.64. The summed E-state index contributed by atoms with van der Waals surface area (Å²) in [5, 5.41) is 49.4. The molecule has 0 atom stereocenters. The normalized spacial score (nSPS) is 10.8. The van der Waals surface area contributed by atoms with Crippen molar-refractivity contribution in [3.63, 3.8) is 0 Å². The number of aliphatic hydroxyl groups is 1. The summed E-state index contributed by atoms with van der Waals surface area (Å²) < 4.78 is 0. The van der Waals surface area contributed by atoms with Crippen LogP contribution in [0.2, 0.25) is 0 Å². The average molecular weight is 283 g/mol. The molecule has 108 valence electrons. The molecule has 0 aromatic rings. The quantitative estimate of drug-likeness (QED) is 0.290. The highest BCUT2D eigenvalue weighted by molar-refractivity contribution is 4.58. The van der Waals surface area contributed by atoms with Gasteiger partial charge in [0.1, 0.15) is 0 Å². The lowest BCUT2D eigenvalue weighted by molar-refractivity contribution is -0.973. The van der Waals surface area contributed by atoms with Gasteiger partial charge in [-0.2, -0.15) is 0 Å². The fourth-order valence-corrected chi connectivity index (χ4v) is 1.09. The second-order valence-electron chi connectivity index (χ2n) is 3.25. The van der Waals surface area contributed by atoms with Crippen LogP contribution in [0, 0.1) is 40.5 Å². The summed E-state index contributed by atoms with van der Waals surface area (Å²) in [7, 11) is 0. The van der Waals surface area contributed by atoms with Gasteiger partial charge in [-0.15, -0.1) is 5.01 Å². The first-order valence-corrected chi connectivity index (χ1v) is 4.63. The van der Waals surface area contributed by atoms with Crippen molar-refractivity contribution < 1.29 is 24.9 Å². The van der Waals surface area contributed by atoms with Crippen molar-refractivity contribution >= 4 is 0 Å². The molecular weight excluding hydrogens is 274 g/mol. The molecule has 0 aromatic carbocycles. The Labute approximate surface area is 103 Å². The van der Waals surface area contributed by atoms with E-state index in [0.29, 0.717) is 0 Å². The van der Waals surface area contributed by atoms with Crippen LogP contribution < -0.4 is 0 Å². The molecule has 0 spiro atoms. The van der Waals surface area contributed by atoms with Crippen LogP contribution in [0.25, 0.3) is 0 Å². The second kappa shape index (κ2) is 6.34. The van der Waals surface area contributed by atoms with E-state index in [4.69, 9.17) is 5.11 Å². The molecule has 0 aliphatic carbocycles. The Morgan fingerprint density at radius 1 is 0.947 bits per heavy atom. The number of rotatable bonds is 9. The first kappa shape index (κ1) is 16.4. The lowest BCUT2D eigenvalue weighted by atomic mass is 10.3. The van der Waals surface area contributed by atoms with Crippen molar-refractivity contribution in [1.82, 2.24) is 5.01 Å². The smallest absolute Gasteiger partial charge is 0.396 e. The zero-order valence-electron chi connectivity index (χ0n) is 9.28. The molecule has 0 unspecified atom stereocenters. The molecule has 14 heteroatoms. The standard InChI is InChI=1S/C5H9N5O9/c11-3-1-2-6(10(18)19)4-5(7(12)13,8(14)15)9(16)17/h11H,1-4H2. The molecule has 0 aliphatic heterocycles. The summed E-state index contributed by atoms with van der Waals surface area (Å²) in [5.41, 5.74) is 0. The monoisotopic (exact) mass is 283 g/mol. The number of aliphatic hydroxyl groups excluding tert-OH is 1. The minimum Gasteiger partial charge on any atom is -0.396 e. The van der Waals surface area contributed by atoms with Crippen LogP contribution >= 0.6 is 0 Å². The van der Waals surface area contributed by atoms with Gasteiger partial charge in [0.15, 0.2) is 19.8 Å². The van der Waals surface area contributed by atoms with E-state index in [1.807, 2.05) is 0 Å². The van der Waals surface area contributed by atoms with E-state index in [1.54, 1.807) is 0 Å². The molecular formula is C5H9N5O9. The maximum absolute atomic E-state index is 10.6. The zero-order valence-corrected chi connectivity index (χ0v) is 9.28. The van der Waals surface area contributed by atoms with Crippen LogP contribution in [0.15, 0.2) is 0 Å². The number of hydrogen-bond acceptors (Lipinski definition) is 9. The van der Waals surface area contributed by atoms with E-state index >= 15 is 0 Å². The van der Waals surface area contributed by atoms with Gasteiger partial charge in [0.25, 0.3) is 6.54 Å². The molecule has 19 heavy (non-hydrogen) atoms. The summed E-state index contributed by atoms with van der Waals surface area (Å²) in [4.78, 5) is 36.8. The van der Waals surface area contributed by atoms with Crippen molar-refractivity contribution in [1.29, 1.82) is 0 Å². The Kier molecular flexibility index (Phi) is 5.45. The SMILES string of the molecule is O=[N+]([O-])N(CCCO)CC([N+](=O)[O-])([N+](=O)[O-])[N+](=O)[O-]. The van der Waals surface area contributed by atoms with E-state index in [0.717, 1.165) is 0 Å². The minimum absolute atomic E-state index is 0.0510. The largest absolute Gasteiger partial charge is 0.723 e. The first-order valence-electron chi connectivity index (χ1n) is 4.63. The summed E-state index contributed by atoms with van der Waals surface area (Å²) in [6.07, 6.45) is -0.232. The van der Waals surface area contributed by atoms with Gasteiger partial charge in [-0.3, -0.25) is 30.3 Å². The summed E-state index contributed by atoms with van der Waals surface area (Å²) >= 11 is 0. The number of nitro groups is 4. The van der Waals surface area contributed by atoms with E-state index in [9.17, 15) is 40.5 Å². The molecule has 1 N–H and O–H groups in total. The Morgan fingerprint density at radius 3 is 1.63 bits per heavy atom. The third-order valence-corrected chi connectivity index (χ3v) is 2.08. The Balaban J connectivity index is 5.39. The van der Waals surface area contributed by atoms with Crippen LogP contribution in [-0.2, 0) is 0 Å². The van der Waals surface area contributed by atoms with Crippen molar-refractivity contribution in [2.45, 2.75) is 12.2 Å². The van der Waals surface area contributed by atoms with Crippen molar-refractivity contribution in [3.05, 3.63) is 40.5 Å². The third-order valence-electron chi connectivity index (χ3n) is 2.08. The topological polar surface area (TPSA) is 196 Å². The summed E-state index contributed by atoms with van der Waals surface area (Å²) in [6.45, 7) is -2.79. The average Bonchev–Trinajstić information content (AvgIpc) is 2.27. The molecule has 0 fully saturated rings. The van der Waals surface area contributed by atoms with Gasteiger partial charge in [-0.1, -0.05) is 0 Å². The molecule has 0 amide bonds. The zero-order chi connectivity index (χ0) is 15.2. The predicted molar refractivity (Wildman–Crippen MR) is 54.0 cm³/mol. The van der Waals surface area contributed by atoms with E-state index in [1.165, 1.54) is 0 Å². The molecule has 0 aromatic heterocycles.